The van der Waals surface area contributed by atoms with E-state index in [2.05, 4.69) is 25.6 Å². The summed E-state index contributed by atoms with van der Waals surface area (Å²) >= 11 is 0. The molecule has 0 aliphatic heterocycles. The highest BCUT2D eigenvalue weighted by Crippen LogP contribution is 2.25. The van der Waals surface area contributed by atoms with Crippen molar-refractivity contribution in [3.8, 4) is 5.75 Å². The first kappa shape index (κ1) is 17.3. The molecule has 3 aromatic rings. The fraction of sp³-hybridized carbons (Fsp3) is 0.158. The van der Waals surface area contributed by atoms with Gasteiger partial charge in [-0.3, -0.25) is 9.78 Å². The Labute approximate surface area is 151 Å². The number of hydrogen-bond acceptors (Lipinski definition) is 6. The van der Waals surface area contributed by atoms with Crippen molar-refractivity contribution < 1.29 is 9.53 Å². The summed E-state index contributed by atoms with van der Waals surface area (Å²) in [6.45, 7) is 2.22. The molecule has 0 bridgehead atoms. The first-order valence-electron chi connectivity index (χ1n) is 8.08. The summed E-state index contributed by atoms with van der Waals surface area (Å²) in [4.78, 5) is 25.0. The van der Waals surface area contributed by atoms with Gasteiger partial charge in [0, 0.05) is 24.6 Å². The maximum atomic E-state index is 12.4. The third-order valence-electron chi connectivity index (χ3n) is 3.64. The van der Waals surface area contributed by atoms with Crippen LogP contribution in [0.4, 0.5) is 11.6 Å². The molecule has 1 amide bonds. The molecule has 26 heavy (non-hydrogen) atoms. The van der Waals surface area contributed by atoms with Gasteiger partial charge in [0.2, 0.25) is 5.95 Å². The van der Waals surface area contributed by atoms with E-state index in [1.807, 2.05) is 43.3 Å². The van der Waals surface area contributed by atoms with Crippen LogP contribution in [0.1, 0.15) is 21.7 Å². The molecule has 0 saturated heterocycles. The summed E-state index contributed by atoms with van der Waals surface area (Å²) < 4.78 is 5.31. The number of benzene rings is 1. The fourth-order valence-corrected chi connectivity index (χ4v) is 2.38. The molecule has 2 heterocycles. The van der Waals surface area contributed by atoms with Crippen LogP contribution in [0.5, 0.6) is 5.75 Å². The van der Waals surface area contributed by atoms with Gasteiger partial charge in [-0.2, -0.15) is 0 Å². The number of amides is 1. The second-order valence-electron chi connectivity index (χ2n) is 5.58. The summed E-state index contributed by atoms with van der Waals surface area (Å²) in [6.07, 6.45) is 3.37. The van der Waals surface area contributed by atoms with Crippen LogP contribution in [-0.2, 0) is 6.54 Å². The van der Waals surface area contributed by atoms with Gasteiger partial charge in [0.1, 0.15) is 11.4 Å². The number of hydrogen-bond donors (Lipinski definition) is 2. The van der Waals surface area contributed by atoms with Crippen LogP contribution in [0.2, 0.25) is 0 Å². The van der Waals surface area contributed by atoms with E-state index in [0.29, 0.717) is 29.6 Å². The van der Waals surface area contributed by atoms with Gasteiger partial charge in [0.05, 0.1) is 12.8 Å². The lowest BCUT2D eigenvalue weighted by molar-refractivity contribution is 0.0945. The van der Waals surface area contributed by atoms with Crippen LogP contribution in [0.25, 0.3) is 0 Å². The molecule has 2 N–H and O–H groups in total. The molecule has 7 heteroatoms. The van der Waals surface area contributed by atoms with Gasteiger partial charge in [-0.25, -0.2) is 9.97 Å². The molecule has 2 aromatic heterocycles. The van der Waals surface area contributed by atoms with E-state index in [1.165, 1.54) is 0 Å². The summed E-state index contributed by atoms with van der Waals surface area (Å²) in [5.74, 6) is 0.736. The Hall–Kier alpha value is -3.48. The zero-order chi connectivity index (χ0) is 18.4. The number of pyridine rings is 1. The second-order valence-corrected chi connectivity index (χ2v) is 5.58. The molecule has 0 radical (unpaired) electrons. The van der Waals surface area contributed by atoms with Crippen molar-refractivity contribution in [1.82, 2.24) is 20.3 Å². The van der Waals surface area contributed by atoms with Crippen molar-refractivity contribution in [2.75, 3.05) is 12.4 Å². The Balaban J connectivity index is 1.75. The minimum absolute atomic E-state index is 0.268. The van der Waals surface area contributed by atoms with Crippen LogP contribution < -0.4 is 15.4 Å². The molecule has 0 fully saturated rings. The normalized spacial score (nSPS) is 10.2. The molecule has 132 valence electrons. The van der Waals surface area contributed by atoms with Crippen molar-refractivity contribution in [2.24, 2.45) is 0 Å². The lowest BCUT2D eigenvalue weighted by Crippen LogP contribution is -2.24. The minimum Gasteiger partial charge on any atom is -0.495 e. The Bertz CT molecular complexity index is 899. The van der Waals surface area contributed by atoms with Gasteiger partial charge in [-0.05, 0) is 42.8 Å². The molecule has 7 nitrogen and oxygen atoms in total. The third kappa shape index (κ3) is 4.32. The van der Waals surface area contributed by atoms with Crippen LogP contribution in [-0.4, -0.2) is 28.0 Å². The number of para-hydroxylation sites is 2. The number of anilines is 2. The van der Waals surface area contributed by atoms with E-state index >= 15 is 0 Å². The fourth-order valence-electron chi connectivity index (χ4n) is 2.38. The zero-order valence-electron chi connectivity index (χ0n) is 14.6. The highest BCUT2D eigenvalue weighted by molar-refractivity contribution is 5.92. The number of carbonyl (C=O) groups excluding carboxylic acids is 1. The van der Waals surface area contributed by atoms with E-state index in [9.17, 15) is 4.79 Å². The second kappa shape index (κ2) is 8.06. The SMILES string of the molecule is COc1ccccc1Nc1nc(C)cc(C(=O)NCc2ccncc2)n1. The van der Waals surface area contributed by atoms with Crippen molar-refractivity contribution >= 4 is 17.5 Å². The highest BCUT2D eigenvalue weighted by Gasteiger charge is 2.12. The number of rotatable bonds is 6. The number of aromatic nitrogens is 3. The number of methoxy groups -OCH3 is 1. The van der Waals surface area contributed by atoms with Crippen molar-refractivity contribution in [3.63, 3.8) is 0 Å². The quantitative estimate of drug-likeness (QED) is 0.711. The van der Waals surface area contributed by atoms with E-state index < -0.39 is 0 Å². The van der Waals surface area contributed by atoms with Crippen molar-refractivity contribution in [2.45, 2.75) is 13.5 Å². The molecule has 0 unspecified atom stereocenters. The average Bonchev–Trinajstić information content (AvgIpc) is 2.67. The van der Waals surface area contributed by atoms with Crippen LogP contribution in [0.15, 0.2) is 54.9 Å². The Morgan fingerprint density at radius 1 is 1.12 bits per heavy atom. The largest absolute Gasteiger partial charge is 0.495 e. The number of ether oxygens (including phenoxy) is 1. The molecule has 0 spiro atoms. The van der Waals surface area contributed by atoms with Gasteiger partial charge in [0.25, 0.3) is 5.91 Å². The van der Waals surface area contributed by atoms with Crippen LogP contribution >= 0.6 is 0 Å². The van der Waals surface area contributed by atoms with Gasteiger partial charge in [0.15, 0.2) is 0 Å². The first-order chi connectivity index (χ1) is 12.7. The van der Waals surface area contributed by atoms with Crippen LogP contribution in [0, 0.1) is 6.92 Å². The standard InChI is InChI=1S/C19H19N5O2/c1-13-11-16(18(25)21-12-14-7-9-20-10-8-14)24-19(22-13)23-15-5-3-4-6-17(15)26-2/h3-11H,12H2,1-2H3,(H,21,25)(H,22,23,24). The molecule has 0 atom stereocenters. The van der Waals surface area contributed by atoms with Crippen molar-refractivity contribution in [3.05, 3.63) is 71.8 Å². The van der Waals surface area contributed by atoms with Crippen molar-refractivity contribution in [1.29, 1.82) is 0 Å². The van der Waals surface area contributed by atoms with Gasteiger partial charge < -0.3 is 15.4 Å². The average molecular weight is 349 g/mol. The zero-order valence-corrected chi connectivity index (χ0v) is 14.6. The van der Waals surface area contributed by atoms with E-state index in [-0.39, 0.29) is 5.91 Å². The molecular formula is C19H19N5O2. The van der Waals surface area contributed by atoms with Gasteiger partial charge in [-0.15, -0.1) is 0 Å². The number of aryl methyl sites for hydroxylation is 1. The number of nitrogens with zero attached hydrogens (tertiary/aromatic N) is 3. The lowest BCUT2D eigenvalue weighted by Gasteiger charge is -2.11. The Kier molecular flexibility index (Phi) is 5.38. The van der Waals surface area contributed by atoms with Gasteiger partial charge >= 0.3 is 0 Å². The minimum atomic E-state index is -0.268. The predicted octanol–water partition coefficient (Wildman–Crippen LogP) is 2.86. The molecule has 3 rings (SSSR count). The monoisotopic (exact) mass is 349 g/mol. The first-order valence-corrected chi connectivity index (χ1v) is 8.08. The summed E-state index contributed by atoms with van der Waals surface area (Å²) in [6, 6.07) is 12.8. The number of nitrogens with one attached hydrogen (secondary N) is 2. The van der Waals surface area contributed by atoms with E-state index in [4.69, 9.17) is 4.74 Å². The number of carbonyl (C=O) groups is 1. The predicted molar refractivity (Wildman–Crippen MR) is 98.5 cm³/mol. The van der Waals surface area contributed by atoms with Gasteiger partial charge in [-0.1, -0.05) is 12.1 Å². The van der Waals surface area contributed by atoms with E-state index in [1.54, 1.807) is 25.6 Å². The van der Waals surface area contributed by atoms with Crippen LogP contribution in [0.3, 0.4) is 0 Å². The smallest absolute Gasteiger partial charge is 0.270 e. The molecule has 1 aromatic carbocycles. The topological polar surface area (TPSA) is 89.0 Å². The molecule has 0 aliphatic carbocycles. The summed E-state index contributed by atoms with van der Waals surface area (Å²) in [5, 5.41) is 5.94. The summed E-state index contributed by atoms with van der Waals surface area (Å²) in [5.41, 5.74) is 2.67. The Morgan fingerprint density at radius 3 is 2.65 bits per heavy atom. The molecular weight excluding hydrogens is 330 g/mol. The lowest BCUT2D eigenvalue weighted by atomic mass is 10.2. The molecule has 0 saturated carbocycles. The van der Waals surface area contributed by atoms with E-state index in [0.717, 1.165) is 11.3 Å². The maximum absolute atomic E-state index is 12.4. The third-order valence-corrected chi connectivity index (χ3v) is 3.64. The maximum Gasteiger partial charge on any atom is 0.270 e. The summed E-state index contributed by atoms with van der Waals surface area (Å²) in [7, 11) is 1.59. The highest BCUT2D eigenvalue weighted by atomic mass is 16.5. The molecule has 0 aliphatic rings. The Morgan fingerprint density at radius 2 is 1.88 bits per heavy atom.